The fraction of sp³-hybridized carbons (Fsp3) is 0.750. The second kappa shape index (κ2) is 4.79. The van der Waals surface area contributed by atoms with Crippen LogP contribution in [0.3, 0.4) is 0 Å². The number of carbonyl (C=O) groups excluding carboxylic acids is 1. The van der Waals surface area contributed by atoms with Gasteiger partial charge in [-0.15, -0.1) is 0 Å². The van der Waals surface area contributed by atoms with Gasteiger partial charge < -0.3 is 4.74 Å². The first-order valence-corrected chi connectivity index (χ1v) is 5.43. The van der Waals surface area contributed by atoms with E-state index >= 15 is 0 Å². The van der Waals surface area contributed by atoms with E-state index in [1.165, 1.54) is 0 Å². The first-order valence-electron chi connectivity index (χ1n) is 5.43. The highest BCUT2D eigenvalue weighted by Gasteiger charge is 2.41. The first kappa shape index (κ1) is 14.2. The van der Waals surface area contributed by atoms with Gasteiger partial charge in [0.15, 0.2) is 0 Å². The van der Waals surface area contributed by atoms with Crippen molar-refractivity contribution in [3.05, 3.63) is 12.2 Å². The lowest BCUT2D eigenvalue weighted by Crippen LogP contribution is -2.60. The molecular formula is C12H24NO2+. The summed E-state index contributed by atoms with van der Waals surface area (Å²) in [7, 11) is 2.09. The van der Waals surface area contributed by atoms with Crippen molar-refractivity contribution in [1.29, 1.82) is 0 Å². The maximum absolute atomic E-state index is 11.5. The predicted molar refractivity (Wildman–Crippen MR) is 62.3 cm³/mol. The predicted octanol–water partition coefficient (Wildman–Crippen LogP) is 2.33. The molecule has 0 bridgehead atoms. The van der Waals surface area contributed by atoms with E-state index in [9.17, 15) is 4.79 Å². The molecule has 0 atom stereocenters. The van der Waals surface area contributed by atoms with Crippen molar-refractivity contribution in [2.45, 2.75) is 40.3 Å². The highest BCUT2D eigenvalue weighted by molar-refractivity contribution is 5.87. The van der Waals surface area contributed by atoms with E-state index in [1.54, 1.807) is 6.92 Å². The molecule has 15 heavy (non-hydrogen) atoms. The lowest BCUT2D eigenvalue weighted by atomic mass is 10.2. The summed E-state index contributed by atoms with van der Waals surface area (Å²) in [6.07, 6.45) is 0. The molecule has 0 amide bonds. The Morgan fingerprint density at radius 3 is 2.00 bits per heavy atom. The van der Waals surface area contributed by atoms with Gasteiger partial charge >= 0.3 is 5.97 Å². The summed E-state index contributed by atoms with van der Waals surface area (Å²) in [5.74, 6) is -0.314. The molecule has 0 N–H and O–H groups in total. The zero-order valence-electron chi connectivity index (χ0n) is 10.9. The Morgan fingerprint density at radius 1 is 1.33 bits per heavy atom. The van der Waals surface area contributed by atoms with Crippen LogP contribution >= 0.6 is 0 Å². The summed E-state index contributed by atoms with van der Waals surface area (Å²) >= 11 is 0. The molecule has 0 aliphatic rings. The average molecular weight is 214 g/mol. The number of nitrogens with zero attached hydrogens (tertiary/aromatic N) is 1. The van der Waals surface area contributed by atoms with Crippen LogP contribution in [0.15, 0.2) is 12.2 Å². The monoisotopic (exact) mass is 214 g/mol. The number of hydrogen-bond acceptors (Lipinski definition) is 2. The minimum absolute atomic E-state index is 0.314. The zero-order valence-corrected chi connectivity index (χ0v) is 10.9. The molecule has 0 fully saturated rings. The van der Waals surface area contributed by atoms with Crippen LogP contribution in [0.25, 0.3) is 0 Å². The SMILES string of the molecule is C=C(C)C(=O)OC(C)(C)[N+](C)(CC)CC. The normalized spacial score (nSPS) is 12.4. The lowest BCUT2D eigenvalue weighted by molar-refractivity contribution is -0.974. The van der Waals surface area contributed by atoms with Crippen LogP contribution in [0.5, 0.6) is 0 Å². The maximum atomic E-state index is 11.5. The molecular weight excluding hydrogens is 190 g/mol. The Labute approximate surface area is 93.3 Å². The molecule has 0 heterocycles. The third kappa shape index (κ3) is 3.06. The molecule has 88 valence electrons. The quantitative estimate of drug-likeness (QED) is 0.304. The fourth-order valence-corrected chi connectivity index (χ4v) is 1.41. The molecule has 0 aromatic rings. The van der Waals surface area contributed by atoms with Gasteiger partial charge in [-0.2, -0.15) is 0 Å². The molecule has 0 aromatic heterocycles. The topological polar surface area (TPSA) is 26.3 Å². The highest BCUT2D eigenvalue weighted by Crippen LogP contribution is 2.24. The van der Waals surface area contributed by atoms with Crippen molar-refractivity contribution >= 4 is 5.97 Å². The Kier molecular flexibility index (Phi) is 4.53. The van der Waals surface area contributed by atoms with Crippen LogP contribution in [-0.2, 0) is 9.53 Å². The summed E-state index contributed by atoms with van der Waals surface area (Å²) in [6, 6.07) is 0. The van der Waals surface area contributed by atoms with Crippen LogP contribution in [0.2, 0.25) is 0 Å². The van der Waals surface area contributed by atoms with Crippen LogP contribution < -0.4 is 0 Å². The van der Waals surface area contributed by atoms with E-state index in [4.69, 9.17) is 4.74 Å². The minimum Gasteiger partial charge on any atom is -0.407 e. The van der Waals surface area contributed by atoms with Gasteiger partial charge in [-0.25, -0.2) is 4.79 Å². The van der Waals surface area contributed by atoms with Gasteiger partial charge in [0.05, 0.1) is 20.1 Å². The first-order chi connectivity index (χ1) is 6.70. The smallest absolute Gasteiger partial charge is 0.337 e. The maximum Gasteiger partial charge on any atom is 0.337 e. The van der Waals surface area contributed by atoms with Crippen molar-refractivity contribution in [2.75, 3.05) is 20.1 Å². The number of ether oxygens (including phenoxy) is 1. The third-order valence-electron chi connectivity index (χ3n) is 3.39. The number of rotatable bonds is 5. The van der Waals surface area contributed by atoms with Crippen molar-refractivity contribution in [2.24, 2.45) is 0 Å². The molecule has 0 unspecified atom stereocenters. The molecule has 0 radical (unpaired) electrons. The van der Waals surface area contributed by atoms with Crippen molar-refractivity contribution in [3.8, 4) is 0 Å². The summed E-state index contributed by atoms with van der Waals surface area (Å²) in [4.78, 5) is 11.5. The molecule has 0 saturated carbocycles. The van der Waals surface area contributed by atoms with Gasteiger partial charge in [0.1, 0.15) is 0 Å². The molecule has 0 spiro atoms. The lowest BCUT2D eigenvalue weighted by Gasteiger charge is -2.44. The molecule has 0 aromatic carbocycles. The molecule has 3 nitrogen and oxygen atoms in total. The number of carbonyl (C=O) groups is 1. The molecule has 3 heteroatoms. The third-order valence-corrected chi connectivity index (χ3v) is 3.39. The molecule has 0 aliphatic heterocycles. The van der Waals surface area contributed by atoms with E-state index in [1.807, 2.05) is 13.8 Å². The zero-order chi connectivity index (χ0) is 12.3. The van der Waals surface area contributed by atoms with Crippen LogP contribution in [0, 0.1) is 0 Å². The van der Waals surface area contributed by atoms with Gasteiger partial charge in [0.2, 0.25) is 5.72 Å². The average Bonchev–Trinajstić information content (AvgIpc) is 2.15. The number of quaternary nitrogens is 1. The fourth-order valence-electron chi connectivity index (χ4n) is 1.41. The van der Waals surface area contributed by atoms with Crippen LogP contribution in [-0.4, -0.2) is 36.3 Å². The van der Waals surface area contributed by atoms with Gasteiger partial charge in [0, 0.05) is 19.4 Å². The number of esters is 1. The van der Waals surface area contributed by atoms with Crippen LogP contribution in [0.4, 0.5) is 0 Å². The van der Waals surface area contributed by atoms with Crippen LogP contribution in [0.1, 0.15) is 34.6 Å². The van der Waals surface area contributed by atoms with E-state index in [0.717, 1.165) is 13.1 Å². The molecule has 0 saturated heterocycles. The van der Waals surface area contributed by atoms with E-state index in [2.05, 4.69) is 27.5 Å². The van der Waals surface area contributed by atoms with Gasteiger partial charge in [-0.3, -0.25) is 4.48 Å². The Balaban J connectivity index is 4.81. The van der Waals surface area contributed by atoms with Crippen molar-refractivity contribution in [3.63, 3.8) is 0 Å². The Hall–Kier alpha value is -0.830. The highest BCUT2D eigenvalue weighted by atomic mass is 16.6. The van der Waals surface area contributed by atoms with E-state index in [-0.39, 0.29) is 5.97 Å². The Bertz CT molecular complexity index is 252. The summed E-state index contributed by atoms with van der Waals surface area (Å²) in [5.41, 5.74) is -0.0682. The second-order valence-corrected chi connectivity index (χ2v) is 4.64. The largest absolute Gasteiger partial charge is 0.407 e. The van der Waals surface area contributed by atoms with Crippen molar-refractivity contribution in [1.82, 2.24) is 0 Å². The van der Waals surface area contributed by atoms with Crippen molar-refractivity contribution < 1.29 is 14.0 Å². The summed E-state index contributed by atoms with van der Waals surface area (Å²) < 4.78 is 6.18. The second-order valence-electron chi connectivity index (χ2n) is 4.64. The van der Waals surface area contributed by atoms with E-state index < -0.39 is 5.72 Å². The van der Waals surface area contributed by atoms with Gasteiger partial charge in [-0.1, -0.05) is 6.58 Å². The van der Waals surface area contributed by atoms with Gasteiger partial charge in [-0.05, 0) is 20.8 Å². The van der Waals surface area contributed by atoms with E-state index in [0.29, 0.717) is 10.1 Å². The minimum atomic E-state index is -0.514. The molecule has 0 rings (SSSR count). The van der Waals surface area contributed by atoms with Gasteiger partial charge in [0.25, 0.3) is 0 Å². The summed E-state index contributed by atoms with van der Waals surface area (Å²) in [5, 5.41) is 0. The number of hydrogen-bond donors (Lipinski definition) is 0. The molecule has 0 aliphatic carbocycles. The standard InChI is InChI=1S/C12H24NO2/c1-8-13(7,9-2)12(5,6)15-11(14)10(3)4/h3,8-9H2,1-2,4-7H3/q+1. The summed E-state index contributed by atoms with van der Waals surface area (Å²) in [6.45, 7) is 15.2. The Morgan fingerprint density at radius 2 is 1.73 bits per heavy atom.